The minimum Gasteiger partial charge on any atom is -0.267 e. The lowest BCUT2D eigenvalue weighted by Gasteiger charge is -2.11. The van der Waals surface area contributed by atoms with Gasteiger partial charge in [0.25, 0.3) is 20.2 Å². The molecule has 2 fully saturated rings. The van der Waals surface area contributed by atoms with E-state index in [0.29, 0.717) is 0 Å². The van der Waals surface area contributed by atoms with E-state index in [2.05, 4.69) is 16.7 Å². The molecule has 19 heavy (non-hydrogen) atoms. The van der Waals surface area contributed by atoms with Crippen molar-refractivity contribution in [3.63, 3.8) is 0 Å². The zero-order valence-electron chi connectivity index (χ0n) is 9.29. The van der Waals surface area contributed by atoms with Crippen LogP contribution in [0.2, 0.25) is 0 Å². The normalized spacial score (nSPS) is 33.5. The molecule has 13 heteroatoms. The highest BCUT2D eigenvalue weighted by Gasteiger charge is 2.38. The van der Waals surface area contributed by atoms with Crippen molar-refractivity contribution in [2.24, 2.45) is 0 Å². The Morgan fingerprint density at radius 3 is 1.47 bits per heavy atom. The first-order chi connectivity index (χ1) is 8.57. The summed E-state index contributed by atoms with van der Waals surface area (Å²) in [6.45, 7) is -0.880. The van der Waals surface area contributed by atoms with Crippen LogP contribution in [0.25, 0.3) is 0 Å². The summed E-state index contributed by atoms with van der Waals surface area (Å²) in [6, 6.07) is 0. The van der Waals surface area contributed by atoms with E-state index in [9.17, 15) is 25.3 Å². The summed E-state index contributed by atoms with van der Waals surface area (Å²) in [4.78, 5) is 0. The SMILES string of the molecule is O=S1(=O)CC(OS(=O)(=O)OC2COS(=O)(=O)C2)CO1. The Hall–Kier alpha value is -0.310. The summed E-state index contributed by atoms with van der Waals surface area (Å²) < 4.78 is 84.1. The largest absolute Gasteiger partial charge is 0.400 e. The fourth-order valence-electron chi connectivity index (χ4n) is 1.47. The Bertz CT molecular complexity index is 591. The molecule has 0 saturated carbocycles. The van der Waals surface area contributed by atoms with Crippen molar-refractivity contribution < 1.29 is 42.0 Å². The molecule has 2 rings (SSSR count). The third-order valence-electron chi connectivity index (χ3n) is 2.15. The lowest BCUT2D eigenvalue weighted by molar-refractivity contribution is 0.114. The van der Waals surface area contributed by atoms with E-state index >= 15 is 0 Å². The maximum absolute atomic E-state index is 11.4. The highest BCUT2D eigenvalue weighted by atomic mass is 32.3. The second-order valence-electron chi connectivity index (χ2n) is 3.86. The number of hydrogen-bond acceptors (Lipinski definition) is 10. The molecule has 0 N–H and O–H groups in total. The predicted molar refractivity (Wildman–Crippen MR) is 58.1 cm³/mol. The molecule has 2 aliphatic rings. The second-order valence-corrected chi connectivity index (χ2v) is 8.43. The Kier molecular flexibility index (Phi) is 3.90. The lowest BCUT2D eigenvalue weighted by atomic mass is 10.5. The van der Waals surface area contributed by atoms with Gasteiger partial charge in [-0.2, -0.15) is 25.3 Å². The maximum atomic E-state index is 11.4. The summed E-state index contributed by atoms with van der Waals surface area (Å²) in [7, 11) is -12.1. The molecular formula is C6H10O10S3. The highest BCUT2D eigenvalue weighted by molar-refractivity contribution is 7.87. The fourth-order valence-corrected chi connectivity index (χ4v) is 4.76. The third-order valence-corrected chi connectivity index (χ3v) is 5.72. The maximum Gasteiger partial charge on any atom is 0.400 e. The first-order valence-corrected chi connectivity index (χ1v) is 9.41. The van der Waals surface area contributed by atoms with Crippen molar-refractivity contribution in [2.45, 2.75) is 12.2 Å². The van der Waals surface area contributed by atoms with Crippen LogP contribution in [0.15, 0.2) is 0 Å². The molecule has 2 unspecified atom stereocenters. The molecule has 2 heterocycles. The molecule has 2 aliphatic heterocycles. The highest BCUT2D eigenvalue weighted by Crippen LogP contribution is 2.18. The van der Waals surface area contributed by atoms with E-state index in [1.807, 2.05) is 0 Å². The minimum atomic E-state index is -4.54. The van der Waals surface area contributed by atoms with Crippen molar-refractivity contribution in [2.75, 3.05) is 24.7 Å². The van der Waals surface area contributed by atoms with Crippen molar-refractivity contribution >= 4 is 30.6 Å². The van der Waals surface area contributed by atoms with E-state index in [1.165, 1.54) is 0 Å². The quantitative estimate of drug-likeness (QED) is 0.515. The zero-order valence-corrected chi connectivity index (χ0v) is 11.7. The van der Waals surface area contributed by atoms with Crippen molar-refractivity contribution in [3.05, 3.63) is 0 Å². The zero-order chi connectivity index (χ0) is 14.3. The molecule has 10 nitrogen and oxygen atoms in total. The van der Waals surface area contributed by atoms with Gasteiger partial charge < -0.3 is 0 Å². The Morgan fingerprint density at radius 1 is 0.842 bits per heavy atom. The summed E-state index contributed by atoms with van der Waals surface area (Å²) in [6.07, 6.45) is -2.43. The second kappa shape index (κ2) is 4.91. The topological polar surface area (TPSA) is 139 Å². The summed E-state index contributed by atoms with van der Waals surface area (Å²) >= 11 is 0. The van der Waals surface area contributed by atoms with Gasteiger partial charge in [-0.15, -0.1) is 0 Å². The Morgan fingerprint density at radius 2 is 1.21 bits per heavy atom. The molecule has 0 spiro atoms. The molecule has 0 aromatic carbocycles. The molecule has 0 radical (unpaired) electrons. The lowest BCUT2D eigenvalue weighted by Crippen LogP contribution is -2.28. The number of hydrogen-bond donors (Lipinski definition) is 0. The van der Waals surface area contributed by atoms with Gasteiger partial charge in [-0.25, -0.2) is 8.37 Å². The molecular weight excluding hydrogens is 328 g/mol. The summed E-state index contributed by atoms with van der Waals surface area (Å²) in [5, 5.41) is 0. The predicted octanol–water partition coefficient (Wildman–Crippen LogP) is -2.28. The molecule has 0 aromatic heterocycles. The first kappa shape index (κ1) is 15.1. The van der Waals surface area contributed by atoms with Gasteiger partial charge in [-0.05, 0) is 0 Å². The third kappa shape index (κ3) is 4.34. The van der Waals surface area contributed by atoms with Crippen LogP contribution in [0.4, 0.5) is 0 Å². The van der Waals surface area contributed by atoms with E-state index in [4.69, 9.17) is 0 Å². The van der Waals surface area contributed by atoms with Gasteiger partial charge in [-0.1, -0.05) is 0 Å². The van der Waals surface area contributed by atoms with Gasteiger partial charge in [0.05, 0.1) is 13.2 Å². The van der Waals surface area contributed by atoms with Crippen LogP contribution in [0.3, 0.4) is 0 Å². The minimum absolute atomic E-state index is 0.440. The molecule has 0 aromatic rings. The van der Waals surface area contributed by atoms with E-state index < -0.39 is 67.6 Å². The molecule has 2 atom stereocenters. The first-order valence-electron chi connectivity index (χ1n) is 4.93. The van der Waals surface area contributed by atoms with Gasteiger partial charge in [0.1, 0.15) is 23.7 Å². The van der Waals surface area contributed by atoms with Crippen LogP contribution < -0.4 is 0 Å². The van der Waals surface area contributed by atoms with Crippen LogP contribution in [-0.4, -0.2) is 62.2 Å². The van der Waals surface area contributed by atoms with Gasteiger partial charge in [0.15, 0.2) is 0 Å². The summed E-state index contributed by atoms with van der Waals surface area (Å²) in [5.74, 6) is -1.23. The van der Waals surface area contributed by atoms with Crippen LogP contribution in [-0.2, 0) is 47.4 Å². The Labute approximate surface area is 110 Å². The van der Waals surface area contributed by atoms with Crippen LogP contribution in [0, 0.1) is 0 Å². The van der Waals surface area contributed by atoms with Crippen LogP contribution >= 0.6 is 0 Å². The van der Waals surface area contributed by atoms with Gasteiger partial charge >= 0.3 is 10.4 Å². The monoisotopic (exact) mass is 338 g/mol. The molecule has 0 bridgehead atoms. The molecule has 2 saturated heterocycles. The average Bonchev–Trinajstić information content (AvgIpc) is 2.68. The number of rotatable bonds is 4. The van der Waals surface area contributed by atoms with Crippen LogP contribution in [0.5, 0.6) is 0 Å². The van der Waals surface area contributed by atoms with Crippen molar-refractivity contribution in [1.82, 2.24) is 0 Å². The van der Waals surface area contributed by atoms with Crippen molar-refractivity contribution in [1.29, 1.82) is 0 Å². The van der Waals surface area contributed by atoms with Gasteiger partial charge in [0.2, 0.25) is 0 Å². The smallest absolute Gasteiger partial charge is 0.267 e. The molecule has 0 amide bonds. The Balaban J connectivity index is 1.93. The van der Waals surface area contributed by atoms with E-state index in [-0.39, 0.29) is 0 Å². The molecule has 112 valence electrons. The summed E-state index contributed by atoms with van der Waals surface area (Å²) in [5.41, 5.74) is 0. The standard InChI is InChI=1S/C6H10O10S3/c7-17(8)3-5(1-13-17)15-19(11,12)16-6-2-14-18(9,10)4-6/h5-6H,1-4H2. The fraction of sp³-hybridized carbons (Fsp3) is 1.00. The van der Waals surface area contributed by atoms with Crippen LogP contribution in [0.1, 0.15) is 0 Å². The molecule has 0 aliphatic carbocycles. The average molecular weight is 338 g/mol. The van der Waals surface area contributed by atoms with Gasteiger partial charge in [0, 0.05) is 0 Å². The van der Waals surface area contributed by atoms with Gasteiger partial charge in [-0.3, -0.25) is 8.37 Å². The van der Waals surface area contributed by atoms with E-state index in [0.717, 1.165) is 0 Å². The van der Waals surface area contributed by atoms with Crippen molar-refractivity contribution in [3.8, 4) is 0 Å². The van der Waals surface area contributed by atoms with E-state index in [1.54, 1.807) is 0 Å².